The standard InChI is InChI=1S/C14H25N3O2S/c15-12(20)14(6-4-2-1-3-5-7-14)16-13(18)17-8-10-19-11-9-17/h1-11H2,(H2,15,20)(H,16,18). The quantitative estimate of drug-likeness (QED) is 0.763. The van der Waals surface area contributed by atoms with E-state index in [2.05, 4.69) is 5.32 Å². The number of nitrogens with one attached hydrogen (secondary N) is 1. The molecule has 0 aromatic carbocycles. The molecule has 6 heteroatoms. The first-order chi connectivity index (χ1) is 9.64. The highest BCUT2D eigenvalue weighted by atomic mass is 32.1. The van der Waals surface area contributed by atoms with Crippen LogP contribution in [0, 0.1) is 0 Å². The van der Waals surface area contributed by atoms with Gasteiger partial charge in [-0.05, 0) is 12.8 Å². The molecule has 2 rings (SSSR count). The Labute approximate surface area is 126 Å². The Kier molecular flexibility index (Phi) is 5.60. The number of ether oxygens (including phenoxy) is 1. The summed E-state index contributed by atoms with van der Waals surface area (Å²) in [7, 11) is 0. The Morgan fingerprint density at radius 2 is 1.65 bits per heavy atom. The second-order valence-corrected chi connectivity index (χ2v) is 6.18. The molecule has 2 aliphatic rings. The van der Waals surface area contributed by atoms with Crippen molar-refractivity contribution in [2.75, 3.05) is 26.3 Å². The van der Waals surface area contributed by atoms with Crippen LogP contribution in [0.4, 0.5) is 4.79 Å². The van der Waals surface area contributed by atoms with Gasteiger partial charge in [-0.3, -0.25) is 0 Å². The van der Waals surface area contributed by atoms with Crippen LogP contribution in [0.3, 0.4) is 0 Å². The van der Waals surface area contributed by atoms with E-state index in [1.165, 1.54) is 19.3 Å². The molecule has 0 aromatic rings. The number of thiocarbonyl (C=S) groups is 1. The van der Waals surface area contributed by atoms with Gasteiger partial charge in [-0.15, -0.1) is 0 Å². The number of hydrogen-bond acceptors (Lipinski definition) is 3. The van der Waals surface area contributed by atoms with E-state index in [-0.39, 0.29) is 6.03 Å². The summed E-state index contributed by atoms with van der Waals surface area (Å²) in [6, 6.07) is -0.0540. The highest BCUT2D eigenvalue weighted by molar-refractivity contribution is 7.80. The van der Waals surface area contributed by atoms with E-state index in [4.69, 9.17) is 22.7 Å². The van der Waals surface area contributed by atoms with Gasteiger partial charge in [0.2, 0.25) is 0 Å². The predicted octanol–water partition coefficient (Wildman–Crippen LogP) is 1.80. The number of nitrogens with two attached hydrogens (primary N) is 1. The van der Waals surface area contributed by atoms with Crippen LogP contribution in [0.2, 0.25) is 0 Å². The molecule has 1 heterocycles. The summed E-state index contributed by atoms with van der Waals surface area (Å²) in [6.45, 7) is 2.49. The Bertz CT molecular complexity index is 348. The summed E-state index contributed by atoms with van der Waals surface area (Å²) in [5.74, 6) is 0. The molecule has 0 spiro atoms. The number of urea groups is 1. The van der Waals surface area contributed by atoms with E-state index >= 15 is 0 Å². The molecule has 5 nitrogen and oxygen atoms in total. The van der Waals surface area contributed by atoms with E-state index in [0.717, 1.165) is 25.7 Å². The molecule has 2 fully saturated rings. The zero-order valence-corrected chi connectivity index (χ0v) is 12.8. The predicted molar refractivity (Wildman–Crippen MR) is 82.8 cm³/mol. The lowest BCUT2D eigenvalue weighted by atomic mass is 9.84. The Morgan fingerprint density at radius 3 is 2.20 bits per heavy atom. The molecule has 2 amide bonds. The van der Waals surface area contributed by atoms with Crippen LogP contribution >= 0.6 is 12.2 Å². The summed E-state index contributed by atoms with van der Waals surface area (Å²) in [6.07, 6.45) is 7.51. The number of carbonyl (C=O) groups is 1. The molecule has 1 saturated carbocycles. The van der Waals surface area contributed by atoms with E-state index < -0.39 is 5.54 Å². The molecule has 0 bridgehead atoms. The van der Waals surface area contributed by atoms with Gasteiger partial charge in [-0.1, -0.05) is 44.3 Å². The molecule has 1 aliphatic heterocycles. The van der Waals surface area contributed by atoms with Crippen LogP contribution in [-0.2, 0) is 4.74 Å². The van der Waals surface area contributed by atoms with Gasteiger partial charge in [0.05, 0.1) is 23.7 Å². The summed E-state index contributed by atoms with van der Waals surface area (Å²) in [5.41, 5.74) is 5.48. The molecule has 3 N–H and O–H groups in total. The van der Waals surface area contributed by atoms with Gasteiger partial charge in [0.1, 0.15) is 0 Å². The average molecular weight is 299 g/mol. The molecule has 0 radical (unpaired) electrons. The number of morpholine rings is 1. The summed E-state index contributed by atoms with van der Waals surface area (Å²) in [5, 5.41) is 3.13. The van der Waals surface area contributed by atoms with Gasteiger partial charge in [0, 0.05) is 13.1 Å². The third-order valence-electron chi connectivity index (χ3n) is 4.32. The number of nitrogens with zero attached hydrogens (tertiary/aromatic N) is 1. The van der Waals surface area contributed by atoms with Crippen LogP contribution < -0.4 is 11.1 Å². The molecule has 20 heavy (non-hydrogen) atoms. The molecule has 1 saturated heterocycles. The van der Waals surface area contributed by atoms with Crippen molar-refractivity contribution in [2.24, 2.45) is 5.73 Å². The van der Waals surface area contributed by atoms with Gasteiger partial charge in [-0.25, -0.2) is 4.79 Å². The molecular weight excluding hydrogens is 274 g/mol. The van der Waals surface area contributed by atoms with E-state index in [9.17, 15) is 4.79 Å². The Morgan fingerprint density at radius 1 is 1.10 bits per heavy atom. The van der Waals surface area contributed by atoms with Gasteiger partial charge in [0.15, 0.2) is 0 Å². The topological polar surface area (TPSA) is 67.6 Å². The minimum atomic E-state index is -0.495. The van der Waals surface area contributed by atoms with Crippen molar-refractivity contribution >= 4 is 23.2 Å². The largest absolute Gasteiger partial charge is 0.391 e. The zero-order valence-electron chi connectivity index (χ0n) is 12.0. The van der Waals surface area contributed by atoms with Crippen molar-refractivity contribution in [1.29, 1.82) is 0 Å². The van der Waals surface area contributed by atoms with Gasteiger partial charge >= 0.3 is 6.03 Å². The molecule has 0 unspecified atom stereocenters. The van der Waals surface area contributed by atoms with Gasteiger partial charge in [-0.2, -0.15) is 0 Å². The number of hydrogen-bond donors (Lipinski definition) is 2. The van der Waals surface area contributed by atoms with Crippen LogP contribution in [0.25, 0.3) is 0 Å². The van der Waals surface area contributed by atoms with Crippen LogP contribution in [0.1, 0.15) is 44.9 Å². The van der Waals surface area contributed by atoms with Crippen molar-refractivity contribution < 1.29 is 9.53 Å². The van der Waals surface area contributed by atoms with Gasteiger partial charge in [0.25, 0.3) is 0 Å². The minimum absolute atomic E-state index is 0.0540. The Hall–Kier alpha value is -0.880. The fourth-order valence-electron chi connectivity index (χ4n) is 2.99. The SMILES string of the molecule is NC(=S)C1(NC(=O)N2CCOCC2)CCCCCCC1. The Balaban J connectivity index is 2.02. The first-order valence-corrected chi connectivity index (χ1v) is 8.00. The van der Waals surface area contributed by atoms with E-state index in [0.29, 0.717) is 31.3 Å². The molecular formula is C14H25N3O2S. The second kappa shape index (κ2) is 7.22. The van der Waals surface area contributed by atoms with E-state index in [1.54, 1.807) is 4.90 Å². The third-order valence-corrected chi connectivity index (χ3v) is 4.71. The van der Waals surface area contributed by atoms with Crippen molar-refractivity contribution in [3.63, 3.8) is 0 Å². The molecule has 0 aromatic heterocycles. The molecule has 1 aliphatic carbocycles. The minimum Gasteiger partial charge on any atom is -0.391 e. The fraction of sp³-hybridized carbons (Fsp3) is 0.857. The third kappa shape index (κ3) is 3.82. The van der Waals surface area contributed by atoms with Crippen molar-refractivity contribution in [3.8, 4) is 0 Å². The summed E-state index contributed by atoms with van der Waals surface area (Å²) >= 11 is 5.27. The number of rotatable bonds is 2. The maximum Gasteiger partial charge on any atom is 0.318 e. The van der Waals surface area contributed by atoms with E-state index in [1.807, 2.05) is 0 Å². The van der Waals surface area contributed by atoms with Crippen LogP contribution in [-0.4, -0.2) is 47.8 Å². The first-order valence-electron chi connectivity index (χ1n) is 7.59. The summed E-state index contributed by atoms with van der Waals surface area (Å²) < 4.78 is 5.28. The second-order valence-electron chi connectivity index (χ2n) is 5.74. The smallest absolute Gasteiger partial charge is 0.318 e. The maximum absolute atomic E-state index is 12.4. The molecule has 0 atom stereocenters. The van der Waals surface area contributed by atoms with Crippen molar-refractivity contribution in [3.05, 3.63) is 0 Å². The van der Waals surface area contributed by atoms with Crippen molar-refractivity contribution in [2.45, 2.75) is 50.5 Å². The van der Waals surface area contributed by atoms with Crippen LogP contribution in [0.5, 0.6) is 0 Å². The fourth-order valence-corrected chi connectivity index (χ4v) is 3.25. The normalized spacial score (nSPS) is 23.5. The lowest BCUT2D eigenvalue weighted by molar-refractivity contribution is 0.0515. The monoisotopic (exact) mass is 299 g/mol. The highest BCUT2D eigenvalue weighted by Gasteiger charge is 2.36. The zero-order chi connectivity index (χ0) is 14.4. The van der Waals surface area contributed by atoms with Crippen molar-refractivity contribution in [1.82, 2.24) is 10.2 Å². The first kappa shape index (κ1) is 15.5. The summed E-state index contributed by atoms with van der Waals surface area (Å²) in [4.78, 5) is 14.6. The number of amides is 2. The lowest BCUT2D eigenvalue weighted by Crippen LogP contribution is -2.60. The van der Waals surface area contributed by atoms with Crippen LogP contribution in [0.15, 0.2) is 0 Å². The average Bonchev–Trinajstić information content (AvgIpc) is 2.42. The maximum atomic E-state index is 12.4. The number of carbonyl (C=O) groups excluding carboxylic acids is 1. The highest BCUT2D eigenvalue weighted by Crippen LogP contribution is 2.27. The molecule has 114 valence electrons. The lowest BCUT2D eigenvalue weighted by Gasteiger charge is -2.38. The van der Waals surface area contributed by atoms with Gasteiger partial charge < -0.3 is 20.7 Å².